The van der Waals surface area contributed by atoms with Gasteiger partial charge in [0.1, 0.15) is 10.8 Å². The molecule has 0 amide bonds. The monoisotopic (exact) mass is 361 g/mol. The van der Waals surface area contributed by atoms with E-state index in [9.17, 15) is 34.1 Å². The zero-order valence-electron chi connectivity index (χ0n) is 11.2. The molecule has 1 aliphatic rings. The maximum atomic E-state index is 12.1. The lowest BCUT2D eigenvalue weighted by Gasteiger charge is -2.27. The number of benzene rings is 1. The molecule has 1 aromatic carbocycles. The van der Waals surface area contributed by atoms with Crippen LogP contribution in [0.1, 0.15) is 17.8 Å². The average Bonchev–Trinajstić information content (AvgIpc) is 2.42. The highest BCUT2D eigenvalue weighted by Crippen LogP contribution is 2.54. The summed E-state index contributed by atoms with van der Waals surface area (Å²) in [5.74, 6) is -1.55. The lowest BCUT2D eigenvalue weighted by molar-refractivity contribution is -0.385. The van der Waals surface area contributed by atoms with Crippen LogP contribution in [-0.4, -0.2) is 24.3 Å². The quantitative estimate of drug-likeness (QED) is 0.310. The molecule has 2 aromatic rings. The van der Waals surface area contributed by atoms with Crippen LogP contribution >= 0.6 is 19.2 Å². The molecule has 0 bridgehead atoms. The second kappa shape index (κ2) is 5.00. The molecule has 3 N–H and O–H groups in total. The van der Waals surface area contributed by atoms with Gasteiger partial charge in [-0.3, -0.25) is 28.8 Å². The van der Waals surface area contributed by atoms with Crippen molar-refractivity contribution in [3.8, 4) is 0 Å². The number of nitro groups is 1. The summed E-state index contributed by atoms with van der Waals surface area (Å²) in [6, 6.07) is 1.10. The van der Waals surface area contributed by atoms with Crippen molar-refractivity contribution in [2.75, 3.05) is 0 Å². The van der Waals surface area contributed by atoms with Gasteiger partial charge in [0, 0.05) is 0 Å². The molecule has 23 heavy (non-hydrogen) atoms. The van der Waals surface area contributed by atoms with E-state index in [0.717, 1.165) is 6.07 Å². The molecule has 0 radical (unpaired) electrons. The van der Waals surface area contributed by atoms with Gasteiger partial charge in [0.25, 0.3) is 5.69 Å². The summed E-state index contributed by atoms with van der Waals surface area (Å²) in [6.45, 7) is 0. The van der Waals surface area contributed by atoms with Crippen molar-refractivity contribution < 1.29 is 19.3 Å². The van der Waals surface area contributed by atoms with Crippen LogP contribution in [0.2, 0.25) is 5.02 Å². The van der Waals surface area contributed by atoms with E-state index < -0.39 is 35.1 Å². The lowest BCUT2D eigenvalue weighted by Crippen LogP contribution is -2.40. The topological polar surface area (TPSA) is 156 Å². The molecule has 0 aliphatic carbocycles. The first-order valence-electron chi connectivity index (χ1n) is 6.32. The molecule has 0 spiro atoms. The fourth-order valence-corrected chi connectivity index (χ4v) is 4.16. The smallest absolute Gasteiger partial charge is 0.323 e. The Bertz CT molecular complexity index is 1020. The summed E-state index contributed by atoms with van der Waals surface area (Å²) in [7, 11) is -4.75. The first-order chi connectivity index (χ1) is 10.6. The van der Waals surface area contributed by atoms with Crippen molar-refractivity contribution in [1.29, 1.82) is 0 Å². The fourth-order valence-electron chi connectivity index (χ4n) is 2.88. The Kier molecular flexibility index (Phi) is 3.45. The average molecular weight is 362 g/mol. The van der Waals surface area contributed by atoms with E-state index in [1.807, 2.05) is 0 Å². The largest absolute Gasteiger partial charge is 0.348 e. The van der Waals surface area contributed by atoms with Gasteiger partial charge in [-0.25, -0.2) is 0 Å². The van der Waals surface area contributed by atoms with Gasteiger partial charge in [-0.2, -0.15) is 0 Å². The highest BCUT2D eigenvalue weighted by Gasteiger charge is 2.39. The molecular formula is C11H9ClN3O7P. The van der Waals surface area contributed by atoms with Crippen LogP contribution in [0, 0.1) is 10.1 Å². The minimum absolute atomic E-state index is 0.0124. The van der Waals surface area contributed by atoms with Crippen LogP contribution in [0.5, 0.6) is 0 Å². The number of aromatic amines is 1. The van der Waals surface area contributed by atoms with Gasteiger partial charge in [-0.05, 0) is 18.9 Å². The van der Waals surface area contributed by atoms with Crippen molar-refractivity contribution >= 4 is 35.9 Å². The standard InChI is InChI=1S/C11H9ClN3O7P/c12-5-3-6-9-4(8(5)15(18)19)1-2-7(23(20,21)22)14(9)11(17)10(16)13-6/h3,7H,1-2H2,(H,13,16)(H2,20,21,22). The second-order valence-electron chi connectivity index (χ2n) is 5.08. The van der Waals surface area contributed by atoms with E-state index in [2.05, 4.69) is 4.98 Å². The van der Waals surface area contributed by atoms with Crippen LogP contribution in [0.3, 0.4) is 0 Å². The van der Waals surface area contributed by atoms with Gasteiger partial charge < -0.3 is 14.8 Å². The number of nitro benzene ring substituents is 1. The lowest BCUT2D eigenvalue weighted by atomic mass is 10.0. The van der Waals surface area contributed by atoms with Crippen molar-refractivity contribution in [1.82, 2.24) is 9.55 Å². The zero-order valence-corrected chi connectivity index (χ0v) is 12.9. The van der Waals surface area contributed by atoms with E-state index in [4.69, 9.17) is 11.6 Å². The van der Waals surface area contributed by atoms with Gasteiger partial charge in [0.05, 0.1) is 21.5 Å². The van der Waals surface area contributed by atoms with Crippen molar-refractivity contribution in [3.63, 3.8) is 0 Å². The molecule has 0 fully saturated rings. The predicted molar refractivity (Wildman–Crippen MR) is 79.9 cm³/mol. The van der Waals surface area contributed by atoms with E-state index >= 15 is 0 Å². The summed E-state index contributed by atoms with van der Waals surface area (Å²) < 4.78 is 12.3. The third-order valence-corrected chi connectivity index (χ3v) is 5.30. The number of hydrogen-bond acceptors (Lipinski definition) is 5. The van der Waals surface area contributed by atoms with Gasteiger partial charge in [-0.1, -0.05) is 11.6 Å². The van der Waals surface area contributed by atoms with Crippen LogP contribution in [0.25, 0.3) is 11.0 Å². The fraction of sp³-hybridized carbons (Fsp3) is 0.273. The summed E-state index contributed by atoms with van der Waals surface area (Å²) >= 11 is 5.87. The first-order valence-corrected chi connectivity index (χ1v) is 8.38. The number of halogens is 1. The molecule has 2 heterocycles. The number of aromatic nitrogens is 2. The third kappa shape index (κ3) is 2.31. The molecule has 12 heteroatoms. The van der Waals surface area contributed by atoms with Gasteiger partial charge in [-0.15, -0.1) is 0 Å². The molecule has 0 saturated heterocycles. The molecule has 3 rings (SSSR count). The maximum absolute atomic E-state index is 12.1. The van der Waals surface area contributed by atoms with Crippen molar-refractivity contribution in [3.05, 3.63) is 47.5 Å². The number of nitrogens with zero attached hydrogens (tertiary/aromatic N) is 2. The summed E-state index contributed by atoms with van der Waals surface area (Å²) in [5, 5.41) is 11.0. The van der Waals surface area contributed by atoms with Gasteiger partial charge in [0.15, 0.2) is 0 Å². The van der Waals surface area contributed by atoms with Crippen molar-refractivity contribution in [2.24, 2.45) is 0 Å². The third-order valence-electron chi connectivity index (χ3n) is 3.75. The van der Waals surface area contributed by atoms with Crippen molar-refractivity contribution in [2.45, 2.75) is 18.6 Å². The minimum atomic E-state index is -4.75. The van der Waals surface area contributed by atoms with Crippen LogP contribution < -0.4 is 11.1 Å². The Balaban J connectivity index is 2.58. The van der Waals surface area contributed by atoms with Crippen LogP contribution in [-0.2, 0) is 11.0 Å². The van der Waals surface area contributed by atoms with Gasteiger partial charge >= 0.3 is 18.7 Å². The predicted octanol–water partition coefficient (Wildman–Crippen LogP) is 0.874. The molecular weight excluding hydrogens is 353 g/mol. The molecule has 1 atom stereocenters. The van der Waals surface area contributed by atoms with E-state index in [1.165, 1.54) is 0 Å². The van der Waals surface area contributed by atoms with E-state index in [1.54, 1.807) is 0 Å². The van der Waals surface area contributed by atoms with Crippen LogP contribution in [0.15, 0.2) is 15.7 Å². The highest BCUT2D eigenvalue weighted by molar-refractivity contribution is 7.51. The maximum Gasteiger partial charge on any atom is 0.348 e. The Morgan fingerprint density at radius 3 is 2.65 bits per heavy atom. The van der Waals surface area contributed by atoms with Crippen LogP contribution in [0.4, 0.5) is 5.69 Å². The summed E-state index contributed by atoms with van der Waals surface area (Å²) in [6.07, 6.45) is -0.286. The Morgan fingerprint density at radius 2 is 2.09 bits per heavy atom. The number of rotatable bonds is 2. The molecule has 1 unspecified atom stereocenters. The highest BCUT2D eigenvalue weighted by atomic mass is 35.5. The van der Waals surface area contributed by atoms with E-state index in [0.29, 0.717) is 4.57 Å². The molecule has 1 aromatic heterocycles. The Labute approximate surface area is 131 Å². The Morgan fingerprint density at radius 1 is 1.43 bits per heavy atom. The SMILES string of the molecule is O=c1[nH]c2cc(Cl)c([N+](=O)[O-])c3c2n(c1=O)C(P(=O)(O)O)CC3. The first kappa shape index (κ1) is 15.9. The number of nitrogens with one attached hydrogen (secondary N) is 1. The molecule has 10 nitrogen and oxygen atoms in total. The normalized spacial score (nSPS) is 17.4. The number of hydrogen-bond donors (Lipinski definition) is 3. The summed E-state index contributed by atoms with van der Waals surface area (Å²) in [4.78, 5) is 55.5. The second-order valence-corrected chi connectivity index (χ2v) is 7.26. The van der Waals surface area contributed by atoms with Gasteiger partial charge in [0.2, 0.25) is 0 Å². The Hall–Kier alpha value is -2.00. The zero-order chi connectivity index (χ0) is 17.1. The van der Waals surface area contributed by atoms with E-state index in [-0.39, 0.29) is 34.5 Å². The minimum Gasteiger partial charge on any atom is -0.323 e. The molecule has 122 valence electrons. The number of H-pyrrole nitrogens is 1. The number of aryl methyl sites for hydroxylation is 1. The summed E-state index contributed by atoms with van der Waals surface area (Å²) in [5.41, 5.74) is -2.71. The molecule has 1 aliphatic heterocycles. The molecule has 0 saturated carbocycles.